The average Bonchev–Trinajstić information content (AvgIpc) is 2.38. The molecule has 0 spiro atoms. The van der Waals surface area contributed by atoms with Gasteiger partial charge in [-0.2, -0.15) is 0 Å². The quantitative estimate of drug-likeness (QED) is 0.757. The average molecular weight is 279 g/mol. The van der Waals surface area contributed by atoms with Crippen LogP contribution in [-0.2, 0) is 14.3 Å². The van der Waals surface area contributed by atoms with Crippen LogP contribution in [0.15, 0.2) is 0 Å². The van der Waals surface area contributed by atoms with Crippen molar-refractivity contribution in [3.8, 4) is 0 Å². The fourth-order valence-corrected chi connectivity index (χ4v) is 2.05. The van der Waals surface area contributed by atoms with Gasteiger partial charge in [0.05, 0.1) is 7.11 Å². The third-order valence-electron chi connectivity index (χ3n) is 3.17. The Balaban J connectivity index is 0.00000289. The Morgan fingerprint density at radius 1 is 1.33 bits per heavy atom. The van der Waals surface area contributed by atoms with Crippen molar-refractivity contribution in [3.05, 3.63) is 0 Å². The molecule has 0 aromatic heterocycles. The van der Waals surface area contributed by atoms with Gasteiger partial charge < -0.3 is 15.0 Å². The summed E-state index contributed by atoms with van der Waals surface area (Å²) in [5, 5.41) is 3.24. The number of amides is 1. The molecular weight excluding hydrogens is 256 g/mol. The highest BCUT2D eigenvalue weighted by molar-refractivity contribution is 5.85. The van der Waals surface area contributed by atoms with Gasteiger partial charge in [-0.1, -0.05) is 0 Å². The fraction of sp³-hybridized carbons (Fsp3) is 0.833. The van der Waals surface area contributed by atoms with Crippen molar-refractivity contribution in [1.29, 1.82) is 0 Å². The van der Waals surface area contributed by atoms with Crippen molar-refractivity contribution in [3.63, 3.8) is 0 Å². The number of hydrogen-bond acceptors (Lipinski definition) is 4. The highest BCUT2D eigenvalue weighted by Crippen LogP contribution is 2.14. The van der Waals surface area contributed by atoms with Crippen LogP contribution in [0.25, 0.3) is 0 Å². The molecule has 1 aliphatic heterocycles. The first kappa shape index (κ1) is 17.2. The number of esters is 1. The normalized spacial score (nSPS) is 15.7. The molecule has 0 bridgehead atoms. The number of rotatable bonds is 5. The number of piperidine rings is 1. The number of carbonyl (C=O) groups is 2. The van der Waals surface area contributed by atoms with Crippen molar-refractivity contribution >= 4 is 24.3 Å². The summed E-state index contributed by atoms with van der Waals surface area (Å²) in [6.45, 7) is 2.47. The van der Waals surface area contributed by atoms with Crippen LogP contribution in [0.5, 0.6) is 0 Å². The van der Waals surface area contributed by atoms with Crippen LogP contribution < -0.4 is 5.32 Å². The molecule has 0 aliphatic carbocycles. The van der Waals surface area contributed by atoms with Gasteiger partial charge in [-0.25, -0.2) is 0 Å². The van der Waals surface area contributed by atoms with Gasteiger partial charge in [-0.05, 0) is 32.4 Å². The number of hydrogen-bond donors (Lipinski definition) is 1. The number of nitrogens with one attached hydrogen (secondary N) is 1. The molecule has 1 heterocycles. The standard InChI is InChI=1S/C12H22N2O3.ClH/c1-14(9-3-4-11(15)17-2)12(16)10-5-7-13-8-6-10;/h10,13H,3-9H2,1-2H3;1H. The first-order valence-corrected chi connectivity index (χ1v) is 6.17. The third-order valence-corrected chi connectivity index (χ3v) is 3.17. The molecule has 0 saturated carbocycles. The summed E-state index contributed by atoms with van der Waals surface area (Å²) in [7, 11) is 3.19. The zero-order valence-electron chi connectivity index (χ0n) is 11.1. The summed E-state index contributed by atoms with van der Waals surface area (Å²) in [5.74, 6) is 0.142. The molecule has 0 aromatic rings. The molecule has 0 atom stereocenters. The maximum atomic E-state index is 12.0. The molecule has 1 rings (SSSR count). The van der Waals surface area contributed by atoms with E-state index in [1.807, 2.05) is 7.05 Å². The number of nitrogens with zero attached hydrogens (tertiary/aromatic N) is 1. The molecule has 1 fully saturated rings. The Morgan fingerprint density at radius 2 is 1.94 bits per heavy atom. The summed E-state index contributed by atoms with van der Waals surface area (Å²) in [4.78, 5) is 24.7. The monoisotopic (exact) mass is 278 g/mol. The van der Waals surface area contributed by atoms with Crippen LogP contribution in [0.3, 0.4) is 0 Å². The van der Waals surface area contributed by atoms with E-state index in [0.29, 0.717) is 19.4 Å². The SMILES string of the molecule is COC(=O)CCCN(C)C(=O)C1CCNCC1.Cl. The first-order chi connectivity index (χ1) is 8.15. The van der Waals surface area contributed by atoms with Gasteiger partial charge in [0.25, 0.3) is 0 Å². The molecule has 18 heavy (non-hydrogen) atoms. The van der Waals surface area contributed by atoms with Gasteiger partial charge in [0, 0.05) is 25.9 Å². The molecule has 1 aliphatic rings. The zero-order valence-corrected chi connectivity index (χ0v) is 11.9. The van der Waals surface area contributed by atoms with Gasteiger partial charge in [-0.15, -0.1) is 12.4 Å². The largest absolute Gasteiger partial charge is 0.469 e. The van der Waals surface area contributed by atoms with Crippen molar-refractivity contribution in [2.45, 2.75) is 25.7 Å². The van der Waals surface area contributed by atoms with E-state index in [1.165, 1.54) is 7.11 Å². The highest BCUT2D eigenvalue weighted by Gasteiger charge is 2.23. The van der Waals surface area contributed by atoms with E-state index in [-0.39, 0.29) is 30.2 Å². The van der Waals surface area contributed by atoms with Crippen molar-refractivity contribution in [2.75, 3.05) is 33.8 Å². The van der Waals surface area contributed by atoms with Crippen LogP contribution >= 0.6 is 12.4 Å². The fourth-order valence-electron chi connectivity index (χ4n) is 2.05. The lowest BCUT2D eigenvalue weighted by molar-refractivity contribution is -0.141. The summed E-state index contributed by atoms with van der Waals surface area (Å²) < 4.78 is 4.56. The third kappa shape index (κ3) is 5.69. The van der Waals surface area contributed by atoms with Crippen molar-refractivity contribution < 1.29 is 14.3 Å². The van der Waals surface area contributed by atoms with Crippen LogP contribution in [-0.4, -0.2) is 50.6 Å². The smallest absolute Gasteiger partial charge is 0.305 e. The number of carbonyl (C=O) groups excluding carboxylic acids is 2. The Bertz CT molecular complexity index is 268. The Morgan fingerprint density at radius 3 is 2.50 bits per heavy atom. The molecule has 5 nitrogen and oxygen atoms in total. The molecule has 1 N–H and O–H groups in total. The molecular formula is C12H23ClN2O3. The summed E-state index contributed by atoms with van der Waals surface area (Å²) in [6.07, 6.45) is 2.88. The van der Waals surface area contributed by atoms with E-state index in [9.17, 15) is 9.59 Å². The van der Waals surface area contributed by atoms with Crippen molar-refractivity contribution in [1.82, 2.24) is 10.2 Å². The van der Waals surface area contributed by atoms with E-state index in [0.717, 1.165) is 25.9 Å². The second-order valence-electron chi connectivity index (χ2n) is 4.46. The van der Waals surface area contributed by atoms with E-state index < -0.39 is 0 Å². The van der Waals surface area contributed by atoms with Crippen LogP contribution in [0.2, 0.25) is 0 Å². The maximum Gasteiger partial charge on any atom is 0.305 e. The lowest BCUT2D eigenvalue weighted by atomic mass is 9.96. The summed E-state index contributed by atoms with van der Waals surface area (Å²) >= 11 is 0. The summed E-state index contributed by atoms with van der Waals surface area (Å²) in [6, 6.07) is 0. The van der Waals surface area contributed by atoms with Crippen LogP contribution in [0.1, 0.15) is 25.7 Å². The molecule has 0 radical (unpaired) electrons. The Hall–Kier alpha value is -0.810. The second kappa shape index (κ2) is 9.16. The molecule has 6 heteroatoms. The lowest BCUT2D eigenvalue weighted by Gasteiger charge is -2.26. The minimum Gasteiger partial charge on any atom is -0.469 e. The Kier molecular flexibility index (Phi) is 8.75. The molecule has 0 unspecified atom stereocenters. The van der Waals surface area contributed by atoms with E-state index in [4.69, 9.17) is 0 Å². The second-order valence-corrected chi connectivity index (χ2v) is 4.46. The van der Waals surface area contributed by atoms with Crippen molar-refractivity contribution in [2.24, 2.45) is 5.92 Å². The van der Waals surface area contributed by atoms with Crippen LogP contribution in [0, 0.1) is 5.92 Å². The Labute approximate surface area is 115 Å². The number of ether oxygens (including phenoxy) is 1. The van der Waals surface area contributed by atoms with Gasteiger partial charge >= 0.3 is 5.97 Å². The van der Waals surface area contributed by atoms with E-state index in [2.05, 4.69) is 10.1 Å². The molecule has 0 aromatic carbocycles. The van der Waals surface area contributed by atoms with E-state index >= 15 is 0 Å². The minimum atomic E-state index is -0.215. The number of halogens is 1. The van der Waals surface area contributed by atoms with Gasteiger partial charge in [0.15, 0.2) is 0 Å². The van der Waals surface area contributed by atoms with Gasteiger partial charge in [0.2, 0.25) is 5.91 Å². The lowest BCUT2D eigenvalue weighted by Crippen LogP contribution is -2.39. The molecule has 1 saturated heterocycles. The summed E-state index contributed by atoms with van der Waals surface area (Å²) in [5.41, 5.74) is 0. The topological polar surface area (TPSA) is 58.6 Å². The highest BCUT2D eigenvalue weighted by atomic mass is 35.5. The van der Waals surface area contributed by atoms with Gasteiger partial charge in [-0.3, -0.25) is 9.59 Å². The first-order valence-electron chi connectivity index (χ1n) is 6.17. The predicted octanol–water partition coefficient (Wildman–Crippen LogP) is 0.819. The molecule has 1 amide bonds. The molecule has 106 valence electrons. The van der Waals surface area contributed by atoms with E-state index in [1.54, 1.807) is 4.90 Å². The predicted molar refractivity (Wildman–Crippen MR) is 71.7 cm³/mol. The minimum absolute atomic E-state index is 0. The zero-order chi connectivity index (χ0) is 12.7. The maximum absolute atomic E-state index is 12.0. The van der Waals surface area contributed by atoms with Gasteiger partial charge in [0.1, 0.15) is 0 Å². The van der Waals surface area contributed by atoms with Crippen LogP contribution in [0.4, 0.5) is 0 Å². The number of methoxy groups -OCH3 is 1.